The van der Waals surface area contributed by atoms with Gasteiger partial charge in [-0.15, -0.1) is 11.6 Å². The van der Waals surface area contributed by atoms with Crippen LogP contribution in [-0.2, 0) is 17.7 Å². The maximum absolute atomic E-state index is 5.85. The molecule has 0 saturated carbocycles. The Morgan fingerprint density at radius 1 is 1.44 bits per heavy atom. The van der Waals surface area contributed by atoms with Crippen molar-refractivity contribution in [2.45, 2.75) is 32.9 Å². The van der Waals surface area contributed by atoms with Crippen molar-refractivity contribution in [3.63, 3.8) is 0 Å². The number of rotatable bonds is 5. The van der Waals surface area contributed by atoms with Crippen molar-refractivity contribution in [2.75, 3.05) is 13.0 Å². The van der Waals surface area contributed by atoms with E-state index >= 15 is 0 Å². The summed E-state index contributed by atoms with van der Waals surface area (Å²) in [5.74, 6) is 1.62. The van der Waals surface area contributed by atoms with E-state index in [1.54, 1.807) is 7.11 Å². The van der Waals surface area contributed by atoms with Crippen molar-refractivity contribution in [3.8, 4) is 0 Å². The predicted octanol–water partition coefficient (Wildman–Crippen LogP) is 3.16. The lowest BCUT2D eigenvalue weighted by molar-refractivity contribution is 0.103. The third kappa shape index (κ3) is 2.68. The summed E-state index contributed by atoms with van der Waals surface area (Å²) in [6.45, 7) is 4.96. The smallest absolute Gasteiger partial charge is 0.111 e. The zero-order chi connectivity index (χ0) is 13.1. The Morgan fingerprint density at radius 2 is 2.22 bits per heavy atom. The first-order valence-electron chi connectivity index (χ1n) is 6.20. The highest BCUT2D eigenvalue weighted by atomic mass is 35.5. The molecule has 2 aromatic rings. The number of halogens is 1. The van der Waals surface area contributed by atoms with Crippen LogP contribution in [0.5, 0.6) is 0 Å². The Morgan fingerprint density at radius 3 is 2.89 bits per heavy atom. The van der Waals surface area contributed by atoms with Gasteiger partial charge in [-0.3, -0.25) is 0 Å². The Kier molecular flexibility index (Phi) is 4.25. The largest absolute Gasteiger partial charge is 0.380 e. The van der Waals surface area contributed by atoms with Crippen molar-refractivity contribution in [1.29, 1.82) is 0 Å². The molecule has 0 saturated heterocycles. The number of hydrogen-bond acceptors (Lipinski definition) is 2. The maximum Gasteiger partial charge on any atom is 0.111 e. The van der Waals surface area contributed by atoms with E-state index in [4.69, 9.17) is 16.3 Å². The lowest BCUT2D eigenvalue weighted by Gasteiger charge is -2.13. The summed E-state index contributed by atoms with van der Waals surface area (Å²) in [4.78, 5) is 4.65. The fraction of sp³-hybridized carbons (Fsp3) is 0.500. The molecule has 0 bridgehead atoms. The van der Waals surface area contributed by atoms with Gasteiger partial charge in [-0.2, -0.15) is 0 Å². The quantitative estimate of drug-likeness (QED) is 0.778. The van der Waals surface area contributed by atoms with Crippen molar-refractivity contribution >= 4 is 22.6 Å². The van der Waals surface area contributed by atoms with Gasteiger partial charge in [0.25, 0.3) is 0 Å². The van der Waals surface area contributed by atoms with Crippen LogP contribution in [0.1, 0.15) is 18.3 Å². The fourth-order valence-electron chi connectivity index (χ4n) is 2.09. The molecule has 0 N–H and O–H groups in total. The molecule has 0 spiro atoms. The predicted molar refractivity (Wildman–Crippen MR) is 75.4 cm³/mol. The molecule has 0 aliphatic heterocycles. The third-order valence-electron chi connectivity index (χ3n) is 3.14. The van der Waals surface area contributed by atoms with E-state index in [0.717, 1.165) is 24.3 Å². The van der Waals surface area contributed by atoms with Crippen LogP contribution in [0.3, 0.4) is 0 Å². The van der Waals surface area contributed by atoms with Crippen molar-refractivity contribution < 1.29 is 4.74 Å². The van der Waals surface area contributed by atoms with Gasteiger partial charge in [-0.1, -0.05) is 6.07 Å². The standard InChI is InChI=1S/C14H19ClN2O/c1-10-4-5-12-13(8-10)17(9-11(2)18-3)14(16-12)6-7-15/h4-5,8,11H,6-7,9H2,1-3H3. The second-order valence-corrected chi connectivity index (χ2v) is 4.99. The van der Waals surface area contributed by atoms with Crippen LogP contribution in [0.4, 0.5) is 0 Å². The highest BCUT2D eigenvalue weighted by Crippen LogP contribution is 2.19. The van der Waals surface area contributed by atoms with Crippen LogP contribution in [0, 0.1) is 6.92 Å². The summed E-state index contributed by atoms with van der Waals surface area (Å²) in [6.07, 6.45) is 0.947. The van der Waals surface area contributed by atoms with Gasteiger partial charge in [0.1, 0.15) is 5.82 Å². The van der Waals surface area contributed by atoms with E-state index in [0.29, 0.717) is 5.88 Å². The summed E-state index contributed by atoms with van der Waals surface area (Å²) in [7, 11) is 1.73. The molecule has 1 aromatic carbocycles. The summed E-state index contributed by atoms with van der Waals surface area (Å²) in [5.41, 5.74) is 3.44. The molecular weight excluding hydrogens is 248 g/mol. The lowest BCUT2D eigenvalue weighted by atomic mass is 10.2. The lowest BCUT2D eigenvalue weighted by Crippen LogP contribution is -2.17. The van der Waals surface area contributed by atoms with Crippen LogP contribution in [0.2, 0.25) is 0 Å². The molecule has 0 amide bonds. The van der Waals surface area contributed by atoms with E-state index in [1.807, 2.05) is 0 Å². The number of hydrogen-bond donors (Lipinski definition) is 0. The molecule has 1 heterocycles. The normalized spacial score (nSPS) is 13.1. The Hall–Kier alpha value is -1.06. The van der Waals surface area contributed by atoms with Gasteiger partial charge in [0.2, 0.25) is 0 Å². The molecule has 2 rings (SSSR count). The van der Waals surface area contributed by atoms with Crippen LogP contribution < -0.4 is 0 Å². The fourth-order valence-corrected chi connectivity index (χ4v) is 2.26. The zero-order valence-electron chi connectivity index (χ0n) is 11.1. The number of imidazole rings is 1. The van der Waals surface area contributed by atoms with Gasteiger partial charge in [-0.05, 0) is 31.5 Å². The number of benzene rings is 1. The number of methoxy groups -OCH3 is 1. The first kappa shape index (κ1) is 13.4. The third-order valence-corrected chi connectivity index (χ3v) is 3.33. The minimum atomic E-state index is 0.164. The van der Waals surface area contributed by atoms with E-state index in [2.05, 4.69) is 41.6 Å². The monoisotopic (exact) mass is 266 g/mol. The number of ether oxygens (including phenoxy) is 1. The molecule has 0 fully saturated rings. The first-order valence-corrected chi connectivity index (χ1v) is 6.73. The molecule has 0 aliphatic rings. The molecule has 1 unspecified atom stereocenters. The summed E-state index contributed by atoms with van der Waals surface area (Å²) in [5, 5.41) is 0. The second-order valence-electron chi connectivity index (χ2n) is 4.62. The van der Waals surface area contributed by atoms with E-state index < -0.39 is 0 Å². The molecule has 4 heteroatoms. The van der Waals surface area contributed by atoms with Crippen molar-refractivity contribution in [2.24, 2.45) is 0 Å². The summed E-state index contributed by atoms with van der Waals surface area (Å²) in [6, 6.07) is 6.32. The molecule has 18 heavy (non-hydrogen) atoms. The summed E-state index contributed by atoms with van der Waals surface area (Å²) >= 11 is 5.85. The average Bonchev–Trinajstić information content (AvgIpc) is 2.68. The Labute approximate surface area is 113 Å². The number of alkyl halides is 1. The van der Waals surface area contributed by atoms with Gasteiger partial charge < -0.3 is 9.30 Å². The number of fused-ring (bicyclic) bond motifs is 1. The summed E-state index contributed by atoms with van der Waals surface area (Å²) < 4.78 is 7.58. The Bertz CT molecular complexity index is 536. The van der Waals surface area contributed by atoms with E-state index in [9.17, 15) is 0 Å². The SMILES string of the molecule is COC(C)Cn1c(CCCl)nc2ccc(C)cc21. The minimum Gasteiger partial charge on any atom is -0.380 e. The maximum atomic E-state index is 5.85. The van der Waals surface area contributed by atoms with Crippen LogP contribution >= 0.6 is 11.6 Å². The first-order chi connectivity index (χ1) is 8.65. The average molecular weight is 267 g/mol. The van der Waals surface area contributed by atoms with Crippen LogP contribution in [0.15, 0.2) is 18.2 Å². The van der Waals surface area contributed by atoms with E-state index in [-0.39, 0.29) is 6.10 Å². The van der Waals surface area contributed by atoms with Gasteiger partial charge in [0.15, 0.2) is 0 Å². The topological polar surface area (TPSA) is 27.1 Å². The molecule has 98 valence electrons. The molecular formula is C14H19ClN2O. The second kappa shape index (κ2) is 5.72. The number of nitrogens with zero attached hydrogens (tertiary/aromatic N) is 2. The highest BCUT2D eigenvalue weighted by molar-refractivity contribution is 6.17. The molecule has 0 aliphatic carbocycles. The minimum absolute atomic E-state index is 0.164. The van der Waals surface area contributed by atoms with Crippen LogP contribution in [0.25, 0.3) is 11.0 Å². The van der Waals surface area contributed by atoms with E-state index in [1.165, 1.54) is 11.1 Å². The molecule has 1 atom stereocenters. The molecule has 0 radical (unpaired) electrons. The van der Waals surface area contributed by atoms with Crippen LogP contribution in [-0.4, -0.2) is 28.6 Å². The van der Waals surface area contributed by atoms with Gasteiger partial charge in [-0.25, -0.2) is 4.98 Å². The number of aromatic nitrogens is 2. The van der Waals surface area contributed by atoms with Gasteiger partial charge >= 0.3 is 0 Å². The van der Waals surface area contributed by atoms with Gasteiger partial charge in [0.05, 0.1) is 23.7 Å². The highest BCUT2D eigenvalue weighted by Gasteiger charge is 2.12. The molecule has 1 aromatic heterocycles. The Balaban J connectivity index is 2.49. The van der Waals surface area contributed by atoms with Crippen molar-refractivity contribution in [3.05, 3.63) is 29.6 Å². The van der Waals surface area contributed by atoms with Gasteiger partial charge in [0, 0.05) is 19.4 Å². The number of aryl methyl sites for hydroxylation is 2. The molecule has 3 nitrogen and oxygen atoms in total. The van der Waals surface area contributed by atoms with Crippen molar-refractivity contribution in [1.82, 2.24) is 9.55 Å². The zero-order valence-corrected chi connectivity index (χ0v) is 11.9.